The van der Waals surface area contributed by atoms with E-state index in [2.05, 4.69) is 36.7 Å². The quantitative estimate of drug-likeness (QED) is 0.803. The summed E-state index contributed by atoms with van der Waals surface area (Å²) in [7, 11) is 0. The summed E-state index contributed by atoms with van der Waals surface area (Å²) in [6, 6.07) is 0.483. The fourth-order valence-electron chi connectivity index (χ4n) is 2.67. The maximum absolute atomic E-state index is 11.4. The van der Waals surface area contributed by atoms with E-state index in [-0.39, 0.29) is 5.41 Å². The first kappa shape index (κ1) is 13.3. The van der Waals surface area contributed by atoms with E-state index in [0.717, 1.165) is 25.7 Å². The van der Waals surface area contributed by atoms with Crippen molar-refractivity contribution in [3.8, 4) is 0 Å². The SMILES string of the molecule is CC(=O)C1CCC(n2cc(C(C)(C)C)cn2)CC1. The smallest absolute Gasteiger partial charge is 0.132 e. The summed E-state index contributed by atoms with van der Waals surface area (Å²) < 4.78 is 2.11. The molecule has 3 heteroatoms. The Kier molecular flexibility index (Phi) is 3.60. The van der Waals surface area contributed by atoms with Crippen molar-refractivity contribution in [2.45, 2.75) is 64.8 Å². The largest absolute Gasteiger partial charge is 0.300 e. The summed E-state index contributed by atoms with van der Waals surface area (Å²) in [6.07, 6.45) is 8.36. The Balaban J connectivity index is 2.02. The number of ketones is 1. The third-order valence-corrected chi connectivity index (χ3v) is 4.11. The Labute approximate surface area is 110 Å². The van der Waals surface area contributed by atoms with Gasteiger partial charge in [-0.2, -0.15) is 5.10 Å². The van der Waals surface area contributed by atoms with Crippen molar-refractivity contribution >= 4 is 5.78 Å². The normalized spacial score (nSPS) is 25.1. The number of aromatic nitrogens is 2. The molecule has 1 heterocycles. The molecule has 18 heavy (non-hydrogen) atoms. The average Bonchev–Trinajstić information content (AvgIpc) is 2.78. The Hall–Kier alpha value is -1.12. The second-order valence-electron chi connectivity index (χ2n) is 6.58. The van der Waals surface area contributed by atoms with Crippen LogP contribution in [-0.2, 0) is 10.2 Å². The van der Waals surface area contributed by atoms with Crippen LogP contribution in [0, 0.1) is 5.92 Å². The van der Waals surface area contributed by atoms with Crippen molar-refractivity contribution in [2.24, 2.45) is 5.92 Å². The van der Waals surface area contributed by atoms with Crippen LogP contribution in [0.15, 0.2) is 12.4 Å². The molecule has 0 aliphatic heterocycles. The fraction of sp³-hybridized carbons (Fsp3) is 0.733. The highest BCUT2D eigenvalue weighted by Crippen LogP contribution is 2.33. The van der Waals surface area contributed by atoms with Crippen LogP contribution in [0.25, 0.3) is 0 Å². The number of hydrogen-bond acceptors (Lipinski definition) is 2. The molecule has 0 saturated heterocycles. The highest BCUT2D eigenvalue weighted by molar-refractivity contribution is 5.78. The molecule has 1 aliphatic rings. The zero-order valence-corrected chi connectivity index (χ0v) is 11.9. The van der Waals surface area contributed by atoms with Crippen LogP contribution in [0.3, 0.4) is 0 Å². The minimum Gasteiger partial charge on any atom is -0.300 e. The Morgan fingerprint density at radius 1 is 1.28 bits per heavy atom. The first-order valence-corrected chi connectivity index (χ1v) is 6.93. The summed E-state index contributed by atoms with van der Waals surface area (Å²) in [6.45, 7) is 8.35. The lowest BCUT2D eigenvalue weighted by molar-refractivity contribution is -0.121. The number of carbonyl (C=O) groups is 1. The summed E-state index contributed by atoms with van der Waals surface area (Å²) in [4.78, 5) is 11.4. The van der Waals surface area contributed by atoms with Crippen molar-refractivity contribution in [3.05, 3.63) is 18.0 Å². The van der Waals surface area contributed by atoms with Crippen LogP contribution in [0.2, 0.25) is 0 Å². The summed E-state index contributed by atoms with van der Waals surface area (Å²) in [5.74, 6) is 0.642. The van der Waals surface area contributed by atoms with Crippen LogP contribution < -0.4 is 0 Å². The van der Waals surface area contributed by atoms with E-state index >= 15 is 0 Å². The van der Waals surface area contributed by atoms with E-state index in [1.807, 2.05) is 6.20 Å². The van der Waals surface area contributed by atoms with Gasteiger partial charge in [0.05, 0.1) is 12.2 Å². The Bertz CT molecular complexity index is 420. The molecule has 0 radical (unpaired) electrons. The molecule has 1 aromatic rings. The van der Waals surface area contributed by atoms with Gasteiger partial charge in [-0.1, -0.05) is 20.8 Å². The van der Waals surface area contributed by atoms with Crippen molar-refractivity contribution < 1.29 is 4.79 Å². The van der Waals surface area contributed by atoms with Gasteiger partial charge in [0.2, 0.25) is 0 Å². The van der Waals surface area contributed by atoms with E-state index in [1.165, 1.54) is 5.56 Å². The first-order chi connectivity index (χ1) is 8.38. The van der Waals surface area contributed by atoms with Gasteiger partial charge in [0, 0.05) is 12.1 Å². The maximum Gasteiger partial charge on any atom is 0.132 e. The van der Waals surface area contributed by atoms with Crippen LogP contribution in [-0.4, -0.2) is 15.6 Å². The average molecular weight is 248 g/mol. The minimum atomic E-state index is 0.162. The highest BCUT2D eigenvalue weighted by atomic mass is 16.1. The molecule has 0 N–H and O–H groups in total. The van der Waals surface area contributed by atoms with Gasteiger partial charge in [-0.3, -0.25) is 9.48 Å². The lowest BCUT2D eigenvalue weighted by atomic mass is 9.84. The van der Waals surface area contributed by atoms with E-state index < -0.39 is 0 Å². The van der Waals surface area contributed by atoms with E-state index in [4.69, 9.17) is 0 Å². The van der Waals surface area contributed by atoms with Crippen molar-refractivity contribution in [3.63, 3.8) is 0 Å². The summed E-state index contributed by atoms with van der Waals surface area (Å²) in [5, 5.41) is 4.51. The van der Waals surface area contributed by atoms with Crippen molar-refractivity contribution in [1.29, 1.82) is 0 Å². The first-order valence-electron chi connectivity index (χ1n) is 6.93. The zero-order chi connectivity index (χ0) is 13.3. The molecule has 1 saturated carbocycles. The third-order valence-electron chi connectivity index (χ3n) is 4.11. The van der Waals surface area contributed by atoms with Gasteiger partial charge in [-0.25, -0.2) is 0 Å². The van der Waals surface area contributed by atoms with Gasteiger partial charge in [0.15, 0.2) is 0 Å². The van der Waals surface area contributed by atoms with Crippen molar-refractivity contribution in [1.82, 2.24) is 9.78 Å². The maximum atomic E-state index is 11.4. The zero-order valence-electron chi connectivity index (χ0n) is 11.9. The van der Waals surface area contributed by atoms with E-state index in [1.54, 1.807) is 6.92 Å². The van der Waals surface area contributed by atoms with E-state index in [0.29, 0.717) is 17.7 Å². The molecule has 0 unspecified atom stereocenters. The summed E-state index contributed by atoms with van der Waals surface area (Å²) in [5.41, 5.74) is 1.45. The van der Waals surface area contributed by atoms with Gasteiger partial charge in [-0.15, -0.1) is 0 Å². The Morgan fingerprint density at radius 3 is 2.33 bits per heavy atom. The van der Waals surface area contributed by atoms with Gasteiger partial charge in [-0.05, 0) is 43.6 Å². The lowest BCUT2D eigenvalue weighted by Crippen LogP contribution is -2.22. The van der Waals surface area contributed by atoms with Gasteiger partial charge < -0.3 is 0 Å². The van der Waals surface area contributed by atoms with Crippen LogP contribution in [0.4, 0.5) is 0 Å². The summed E-state index contributed by atoms with van der Waals surface area (Å²) >= 11 is 0. The van der Waals surface area contributed by atoms with E-state index in [9.17, 15) is 4.79 Å². The molecule has 1 aliphatic carbocycles. The standard InChI is InChI=1S/C15H24N2O/c1-11(18)12-5-7-14(8-6-12)17-10-13(9-16-17)15(2,3)4/h9-10,12,14H,5-8H2,1-4H3. The monoisotopic (exact) mass is 248 g/mol. The fourth-order valence-corrected chi connectivity index (χ4v) is 2.67. The molecule has 1 aromatic heterocycles. The molecule has 0 atom stereocenters. The topological polar surface area (TPSA) is 34.9 Å². The second-order valence-corrected chi connectivity index (χ2v) is 6.58. The molecule has 0 amide bonds. The molecule has 1 fully saturated rings. The number of nitrogens with zero attached hydrogens (tertiary/aromatic N) is 2. The number of carbonyl (C=O) groups excluding carboxylic acids is 1. The lowest BCUT2D eigenvalue weighted by Gasteiger charge is -2.27. The highest BCUT2D eigenvalue weighted by Gasteiger charge is 2.26. The number of Topliss-reactive ketones (excluding diaryl/α,β-unsaturated/α-hetero) is 1. The molecular weight excluding hydrogens is 224 g/mol. The number of rotatable bonds is 2. The van der Waals surface area contributed by atoms with Crippen LogP contribution in [0.5, 0.6) is 0 Å². The molecule has 0 spiro atoms. The molecule has 3 nitrogen and oxygen atoms in total. The van der Waals surface area contributed by atoms with Crippen molar-refractivity contribution in [2.75, 3.05) is 0 Å². The molecule has 0 bridgehead atoms. The van der Waals surface area contributed by atoms with Crippen LogP contribution >= 0.6 is 0 Å². The van der Waals surface area contributed by atoms with Gasteiger partial charge in [0.25, 0.3) is 0 Å². The van der Waals surface area contributed by atoms with Gasteiger partial charge in [0.1, 0.15) is 5.78 Å². The molecular formula is C15H24N2O. The molecule has 0 aromatic carbocycles. The van der Waals surface area contributed by atoms with Gasteiger partial charge >= 0.3 is 0 Å². The predicted octanol–water partition coefficient (Wildman–Crippen LogP) is 3.50. The second kappa shape index (κ2) is 4.87. The molecule has 100 valence electrons. The van der Waals surface area contributed by atoms with Crippen LogP contribution in [0.1, 0.15) is 65.0 Å². The number of hydrogen-bond donors (Lipinski definition) is 0. The minimum absolute atomic E-state index is 0.162. The molecule has 2 rings (SSSR count). The predicted molar refractivity (Wildman–Crippen MR) is 72.6 cm³/mol. The Morgan fingerprint density at radius 2 is 1.89 bits per heavy atom. The third kappa shape index (κ3) is 2.82.